The number of hydrogen-bond acceptors (Lipinski definition) is 4. The van der Waals surface area contributed by atoms with Crippen molar-refractivity contribution >= 4 is 33.3 Å². The molecule has 1 aromatic heterocycles. The van der Waals surface area contributed by atoms with Gasteiger partial charge in [-0.05, 0) is 79.2 Å². The third-order valence-electron chi connectivity index (χ3n) is 10.8. The van der Waals surface area contributed by atoms with Crippen molar-refractivity contribution in [3.05, 3.63) is 198 Å². The number of aromatic nitrogens is 3. The SMILES string of the molecule is c1ccc(-c2nc(-c3ccc4ccccc4c3)nc(-c3cc4c(c5ccccc35)-c3ccccc3C43c4ccccc4Sc4ccccc43)n2)cc1. The Morgan fingerprint density at radius 3 is 1.71 bits per heavy atom. The van der Waals surface area contributed by atoms with Crippen molar-refractivity contribution in [2.45, 2.75) is 15.2 Å². The second-order valence-electron chi connectivity index (χ2n) is 13.5. The van der Waals surface area contributed by atoms with Gasteiger partial charge in [-0.1, -0.05) is 163 Å². The summed E-state index contributed by atoms with van der Waals surface area (Å²) < 4.78 is 0. The van der Waals surface area contributed by atoms with Crippen LogP contribution in [0.5, 0.6) is 0 Å². The molecule has 1 spiro atoms. The van der Waals surface area contributed by atoms with Crippen LogP contribution in [0.3, 0.4) is 0 Å². The zero-order valence-corrected chi connectivity index (χ0v) is 28.8. The highest BCUT2D eigenvalue weighted by Crippen LogP contribution is 2.63. The van der Waals surface area contributed by atoms with Crippen LogP contribution in [0.4, 0.5) is 0 Å². The fourth-order valence-corrected chi connectivity index (χ4v) is 9.76. The van der Waals surface area contributed by atoms with E-state index in [1.54, 1.807) is 0 Å². The third kappa shape index (κ3) is 4.19. The first kappa shape index (κ1) is 29.4. The number of nitrogens with zero attached hydrogens (tertiary/aromatic N) is 3. The van der Waals surface area contributed by atoms with Crippen molar-refractivity contribution in [3.8, 4) is 45.3 Å². The van der Waals surface area contributed by atoms with Crippen LogP contribution in [-0.4, -0.2) is 15.0 Å². The summed E-state index contributed by atoms with van der Waals surface area (Å²) in [6.07, 6.45) is 0. The fourth-order valence-electron chi connectivity index (χ4n) is 8.56. The molecule has 0 bridgehead atoms. The lowest BCUT2D eigenvalue weighted by atomic mass is 9.67. The molecule has 0 atom stereocenters. The molecule has 2 heterocycles. The average Bonchev–Trinajstić information content (AvgIpc) is 3.51. The monoisotopic (exact) mass is 679 g/mol. The van der Waals surface area contributed by atoms with Crippen LogP contribution in [0.2, 0.25) is 0 Å². The Morgan fingerprint density at radius 2 is 0.942 bits per heavy atom. The molecule has 0 unspecified atom stereocenters. The summed E-state index contributed by atoms with van der Waals surface area (Å²) in [6.45, 7) is 0. The van der Waals surface area contributed by atoms with Crippen LogP contribution in [0, 0.1) is 0 Å². The van der Waals surface area contributed by atoms with Gasteiger partial charge in [0, 0.05) is 26.5 Å². The molecule has 0 N–H and O–H groups in total. The van der Waals surface area contributed by atoms with Gasteiger partial charge in [0.1, 0.15) is 0 Å². The number of hydrogen-bond donors (Lipinski definition) is 0. The van der Waals surface area contributed by atoms with Crippen LogP contribution in [0.1, 0.15) is 22.3 Å². The molecule has 9 aromatic rings. The van der Waals surface area contributed by atoms with Gasteiger partial charge < -0.3 is 0 Å². The molecule has 0 radical (unpaired) electrons. The van der Waals surface area contributed by atoms with Gasteiger partial charge in [-0.15, -0.1) is 0 Å². The van der Waals surface area contributed by atoms with Gasteiger partial charge in [-0.25, -0.2) is 15.0 Å². The first-order valence-corrected chi connectivity index (χ1v) is 18.4. The molecular formula is C48H29N3S. The maximum Gasteiger partial charge on any atom is 0.164 e. The second-order valence-corrected chi connectivity index (χ2v) is 14.6. The van der Waals surface area contributed by atoms with Gasteiger partial charge in [0.15, 0.2) is 17.5 Å². The van der Waals surface area contributed by atoms with E-state index in [0.717, 1.165) is 27.5 Å². The Kier molecular flexibility index (Phi) is 6.40. The minimum atomic E-state index is -0.514. The molecule has 242 valence electrons. The van der Waals surface area contributed by atoms with E-state index < -0.39 is 5.41 Å². The molecule has 4 heteroatoms. The van der Waals surface area contributed by atoms with Gasteiger partial charge in [0.2, 0.25) is 0 Å². The van der Waals surface area contributed by atoms with E-state index in [2.05, 4.69) is 158 Å². The Labute approximate surface area is 305 Å². The molecule has 1 aliphatic carbocycles. The first-order chi connectivity index (χ1) is 25.8. The molecule has 0 saturated heterocycles. The van der Waals surface area contributed by atoms with Crippen molar-refractivity contribution in [2.75, 3.05) is 0 Å². The van der Waals surface area contributed by atoms with Crippen LogP contribution < -0.4 is 0 Å². The molecular weight excluding hydrogens is 651 g/mol. The van der Waals surface area contributed by atoms with Crippen molar-refractivity contribution in [3.63, 3.8) is 0 Å². The number of rotatable bonds is 3. The quantitative estimate of drug-likeness (QED) is 0.186. The third-order valence-corrected chi connectivity index (χ3v) is 11.9. The molecule has 2 aliphatic rings. The summed E-state index contributed by atoms with van der Waals surface area (Å²) in [7, 11) is 0. The summed E-state index contributed by atoms with van der Waals surface area (Å²) in [5.41, 5.74) is 10.1. The molecule has 52 heavy (non-hydrogen) atoms. The summed E-state index contributed by atoms with van der Waals surface area (Å²) >= 11 is 1.86. The van der Waals surface area contributed by atoms with E-state index in [-0.39, 0.29) is 0 Å². The maximum absolute atomic E-state index is 5.33. The summed E-state index contributed by atoms with van der Waals surface area (Å²) in [6, 6.07) is 63.2. The topological polar surface area (TPSA) is 38.7 Å². The first-order valence-electron chi connectivity index (χ1n) is 17.6. The lowest BCUT2D eigenvalue weighted by Crippen LogP contribution is -2.32. The molecule has 1 aliphatic heterocycles. The summed E-state index contributed by atoms with van der Waals surface area (Å²) in [5.74, 6) is 1.97. The predicted molar refractivity (Wildman–Crippen MR) is 213 cm³/mol. The summed E-state index contributed by atoms with van der Waals surface area (Å²) in [5, 5.41) is 4.65. The van der Waals surface area contributed by atoms with Gasteiger partial charge in [-0.3, -0.25) is 0 Å². The predicted octanol–water partition coefficient (Wildman–Crippen LogP) is 12.0. The highest BCUT2D eigenvalue weighted by atomic mass is 32.2. The van der Waals surface area contributed by atoms with Gasteiger partial charge >= 0.3 is 0 Å². The maximum atomic E-state index is 5.33. The average molecular weight is 680 g/mol. The zero-order chi connectivity index (χ0) is 34.2. The lowest BCUT2D eigenvalue weighted by Gasteiger charge is -2.39. The molecule has 0 amide bonds. The van der Waals surface area contributed by atoms with Gasteiger partial charge in [0.05, 0.1) is 5.41 Å². The van der Waals surface area contributed by atoms with Gasteiger partial charge in [0.25, 0.3) is 0 Å². The van der Waals surface area contributed by atoms with Crippen molar-refractivity contribution in [1.29, 1.82) is 0 Å². The summed E-state index contributed by atoms with van der Waals surface area (Å²) in [4.78, 5) is 18.3. The van der Waals surface area contributed by atoms with E-state index >= 15 is 0 Å². The largest absolute Gasteiger partial charge is 0.208 e. The highest BCUT2D eigenvalue weighted by molar-refractivity contribution is 7.99. The van der Waals surface area contributed by atoms with E-state index in [9.17, 15) is 0 Å². The highest BCUT2D eigenvalue weighted by Gasteiger charge is 2.50. The molecule has 0 fully saturated rings. The minimum Gasteiger partial charge on any atom is -0.208 e. The zero-order valence-electron chi connectivity index (χ0n) is 28.0. The van der Waals surface area contributed by atoms with E-state index in [1.165, 1.54) is 53.9 Å². The van der Waals surface area contributed by atoms with Crippen molar-refractivity contribution in [2.24, 2.45) is 0 Å². The van der Waals surface area contributed by atoms with E-state index in [0.29, 0.717) is 17.5 Å². The Bertz CT molecular complexity index is 2850. The molecule has 8 aromatic carbocycles. The van der Waals surface area contributed by atoms with Crippen LogP contribution in [0.15, 0.2) is 186 Å². The molecule has 3 nitrogen and oxygen atoms in total. The minimum absolute atomic E-state index is 0.514. The number of benzene rings is 8. The Morgan fingerprint density at radius 1 is 0.365 bits per heavy atom. The van der Waals surface area contributed by atoms with Crippen LogP contribution in [-0.2, 0) is 5.41 Å². The fraction of sp³-hybridized carbons (Fsp3) is 0.0208. The van der Waals surface area contributed by atoms with E-state index in [1.807, 2.05) is 30.0 Å². The van der Waals surface area contributed by atoms with Crippen molar-refractivity contribution in [1.82, 2.24) is 15.0 Å². The Balaban J connectivity index is 1.25. The lowest BCUT2D eigenvalue weighted by molar-refractivity contribution is 0.723. The van der Waals surface area contributed by atoms with E-state index in [4.69, 9.17) is 15.0 Å². The van der Waals surface area contributed by atoms with Gasteiger partial charge in [-0.2, -0.15) is 0 Å². The normalized spacial score (nSPS) is 13.5. The standard InChI is InChI=1S/C48H29N3S/c1-2-15-31(16-3-1)45-49-46(33-27-26-30-14-4-5-17-32(30)28-33)51-47(50-45)37-29-41-44(35-19-7-6-18-34(35)37)36-20-8-9-21-38(36)48(41)39-22-10-12-24-42(39)52-43-25-13-11-23-40(43)48/h1-29H. The Hall–Kier alpha value is -6.36. The number of fused-ring (bicyclic) bond motifs is 12. The molecule has 11 rings (SSSR count). The van der Waals surface area contributed by atoms with Crippen LogP contribution in [0.25, 0.3) is 66.8 Å². The molecule has 0 saturated carbocycles. The van der Waals surface area contributed by atoms with Crippen LogP contribution >= 0.6 is 11.8 Å². The van der Waals surface area contributed by atoms with Crippen molar-refractivity contribution < 1.29 is 0 Å². The smallest absolute Gasteiger partial charge is 0.164 e. The second kappa shape index (κ2) is 11.3.